The molecule has 0 heterocycles. The Balaban J connectivity index is 1.12. The van der Waals surface area contributed by atoms with Gasteiger partial charge in [-0.15, -0.1) is 6.42 Å². The van der Waals surface area contributed by atoms with Crippen LogP contribution in [0.5, 0.6) is 0 Å². The van der Waals surface area contributed by atoms with Crippen LogP contribution in [-0.2, 0) is 0 Å². The molecule has 0 fully saturated rings. The summed E-state index contributed by atoms with van der Waals surface area (Å²) in [6.45, 7) is 4.36. The second kappa shape index (κ2) is 15.1. The Morgan fingerprint density at radius 2 is 0.821 bits per heavy atom. The Kier molecular flexibility index (Phi) is 9.22. The summed E-state index contributed by atoms with van der Waals surface area (Å²) >= 11 is 0. The molecule has 9 aromatic rings. The molecule has 9 aromatic carbocycles. The third-order valence-corrected chi connectivity index (χ3v) is 10.5. The van der Waals surface area contributed by atoms with Crippen molar-refractivity contribution in [2.24, 2.45) is 4.99 Å². The van der Waals surface area contributed by atoms with Crippen molar-refractivity contribution in [3.63, 3.8) is 0 Å². The van der Waals surface area contributed by atoms with Gasteiger partial charge < -0.3 is 0 Å². The fourth-order valence-corrected chi connectivity index (χ4v) is 7.69. The van der Waals surface area contributed by atoms with Gasteiger partial charge in [-0.2, -0.15) is 0 Å². The van der Waals surface area contributed by atoms with Gasteiger partial charge in [0.15, 0.2) is 0 Å². The Labute approximate surface area is 328 Å². The number of rotatable bonds is 8. The van der Waals surface area contributed by atoms with Gasteiger partial charge in [-0.3, -0.25) is 0 Å². The lowest BCUT2D eigenvalue weighted by Gasteiger charge is -2.13. The van der Waals surface area contributed by atoms with Crippen molar-refractivity contribution in [3.8, 4) is 45.7 Å². The lowest BCUT2D eigenvalue weighted by Crippen LogP contribution is -2.00. The molecule has 0 radical (unpaired) electrons. The van der Waals surface area contributed by atoms with Gasteiger partial charge in [-0.25, -0.2) is 4.99 Å². The average Bonchev–Trinajstić information content (AvgIpc) is 3.28. The smallest absolute Gasteiger partial charge is 0.0722 e. The molecular formula is C55H37N. The van der Waals surface area contributed by atoms with E-state index < -0.39 is 0 Å². The molecule has 0 amide bonds. The lowest BCUT2D eigenvalue weighted by atomic mass is 9.91. The molecular weight excluding hydrogens is 675 g/mol. The van der Waals surface area contributed by atoms with Crippen molar-refractivity contribution in [2.45, 2.75) is 0 Å². The fraction of sp³-hybridized carbons (Fsp3) is 0. The van der Waals surface area contributed by atoms with E-state index in [9.17, 15) is 0 Å². The van der Waals surface area contributed by atoms with Crippen LogP contribution in [-0.4, -0.2) is 5.71 Å². The van der Waals surface area contributed by atoms with Gasteiger partial charge in [0.05, 0.1) is 11.4 Å². The van der Waals surface area contributed by atoms with Crippen molar-refractivity contribution in [1.29, 1.82) is 0 Å². The van der Waals surface area contributed by atoms with Gasteiger partial charge in [0.25, 0.3) is 0 Å². The van der Waals surface area contributed by atoms with E-state index in [2.05, 4.69) is 164 Å². The maximum Gasteiger partial charge on any atom is 0.0722 e. The van der Waals surface area contributed by atoms with E-state index in [4.69, 9.17) is 11.4 Å². The van der Waals surface area contributed by atoms with Crippen molar-refractivity contribution in [3.05, 3.63) is 230 Å². The quantitative estimate of drug-likeness (QED) is 0.0845. The maximum atomic E-state index is 6.25. The molecule has 0 spiro atoms. The Hall–Kier alpha value is -7.53. The van der Waals surface area contributed by atoms with E-state index in [0.717, 1.165) is 55.8 Å². The number of hydrogen-bond acceptors (Lipinski definition) is 1. The second-order valence-electron chi connectivity index (χ2n) is 14.0. The Morgan fingerprint density at radius 1 is 0.393 bits per heavy atom. The number of nitrogens with zero attached hydrogens (tertiary/aromatic N) is 1. The minimum atomic E-state index is 0.662. The normalized spacial score (nSPS) is 11.8. The number of fused-ring (bicyclic) bond motifs is 6. The van der Waals surface area contributed by atoms with Gasteiger partial charge in [-0.1, -0.05) is 188 Å². The van der Waals surface area contributed by atoms with Crippen LogP contribution in [0, 0.1) is 12.3 Å². The second-order valence-corrected chi connectivity index (χ2v) is 14.0. The first kappa shape index (κ1) is 34.3. The van der Waals surface area contributed by atoms with Gasteiger partial charge in [0, 0.05) is 11.1 Å². The molecule has 9 rings (SSSR count). The molecule has 0 N–H and O–H groups in total. The van der Waals surface area contributed by atoms with Gasteiger partial charge in [-0.05, 0) is 107 Å². The molecule has 0 saturated heterocycles. The Morgan fingerprint density at radius 3 is 1.45 bits per heavy atom. The summed E-state index contributed by atoms with van der Waals surface area (Å²) in [7, 11) is 0. The number of allylic oxidation sites excluding steroid dienone is 2. The van der Waals surface area contributed by atoms with Crippen LogP contribution in [0.1, 0.15) is 16.7 Å². The molecule has 56 heavy (non-hydrogen) atoms. The van der Waals surface area contributed by atoms with Gasteiger partial charge in [0.2, 0.25) is 0 Å². The number of benzene rings is 9. The largest absolute Gasteiger partial charge is 0.248 e. The van der Waals surface area contributed by atoms with E-state index in [1.165, 1.54) is 37.9 Å². The molecule has 1 heteroatoms. The predicted molar refractivity (Wildman–Crippen MR) is 241 cm³/mol. The summed E-state index contributed by atoms with van der Waals surface area (Å²) in [6, 6.07) is 70.4. The van der Waals surface area contributed by atoms with Crippen molar-refractivity contribution in [2.75, 3.05) is 0 Å². The van der Waals surface area contributed by atoms with E-state index in [1.807, 2.05) is 54.6 Å². The summed E-state index contributed by atoms with van der Waals surface area (Å²) in [5.74, 6) is 2.97. The van der Waals surface area contributed by atoms with Crippen molar-refractivity contribution in [1.82, 2.24) is 0 Å². The minimum absolute atomic E-state index is 0.662. The van der Waals surface area contributed by atoms with Crippen molar-refractivity contribution < 1.29 is 0 Å². The maximum absolute atomic E-state index is 6.25. The van der Waals surface area contributed by atoms with Crippen LogP contribution in [0.2, 0.25) is 0 Å². The van der Waals surface area contributed by atoms with Crippen LogP contribution in [0.3, 0.4) is 0 Å². The zero-order chi connectivity index (χ0) is 37.8. The van der Waals surface area contributed by atoms with Crippen LogP contribution in [0.25, 0.3) is 77.0 Å². The highest BCUT2D eigenvalue weighted by Gasteiger charge is 2.12. The van der Waals surface area contributed by atoms with Gasteiger partial charge >= 0.3 is 0 Å². The highest BCUT2D eigenvalue weighted by molar-refractivity contribution is 6.25. The summed E-state index contributed by atoms with van der Waals surface area (Å²) in [6.07, 6.45) is 8.26. The molecule has 0 bridgehead atoms. The van der Waals surface area contributed by atoms with E-state index in [-0.39, 0.29) is 0 Å². The predicted octanol–water partition coefficient (Wildman–Crippen LogP) is 14.3. The molecule has 0 aliphatic carbocycles. The average molecular weight is 712 g/mol. The molecule has 262 valence electrons. The minimum Gasteiger partial charge on any atom is -0.248 e. The van der Waals surface area contributed by atoms with E-state index >= 15 is 0 Å². The van der Waals surface area contributed by atoms with Crippen LogP contribution >= 0.6 is 0 Å². The van der Waals surface area contributed by atoms with Crippen LogP contribution in [0.4, 0.5) is 0 Å². The first-order valence-corrected chi connectivity index (χ1v) is 18.8. The zero-order valence-corrected chi connectivity index (χ0v) is 30.9. The summed E-state index contributed by atoms with van der Waals surface area (Å²) in [4.78, 5) is 5.14. The van der Waals surface area contributed by atoms with E-state index in [0.29, 0.717) is 5.70 Å². The highest BCUT2D eigenvalue weighted by Crippen LogP contribution is 2.38. The molecule has 0 aromatic heterocycles. The SMILES string of the molecule is C#C/C(=C\C(=N/C(=C)c1ccccc1)c1cccc(-c2cccc(-c3ccc4c5ccccc5c5ccccc5c4c3)c2)c1)c1cccc(-c2ccccc2)c1. The first-order chi connectivity index (χ1) is 27.6. The first-order valence-electron chi connectivity index (χ1n) is 18.8. The zero-order valence-electron chi connectivity index (χ0n) is 30.9. The summed E-state index contributed by atoms with van der Waals surface area (Å²) in [5.41, 5.74) is 11.8. The number of hydrogen-bond donors (Lipinski definition) is 0. The standard InChI is InChI=1S/C55H37N/c1-3-39(42-21-14-22-43(33-42)41-19-8-5-9-20-41)37-55(56-38(2)40-17-6-4-7-18-40)48-26-16-25-46(35-48)44-23-15-24-45(34-44)47-31-32-53-51-29-11-10-27-49(51)50-28-12-13-30-52(50)54(53)36-47/h1,4-37H,2H2/b39-37+,56-55+. The topological polar surface area (TPSA) is 12.4 Å². The molecule has 0 aliphatic rings. The monoisotopic (exact) mass is 711 g/mol. The number of terminal acetylenes is 1. The molecule has 0 atom stereocenters. The fourth-order valence-electron chi connectivity index (χ4n) is 7.69. The molecule has 0 saturated carbocycles. The van der Waals surface area contributed by atoms with E-state index in [1.54, 1.807) is 0 Å². The Bertz CT molecular complexity index is 3000. The summed E-state index contributed by atoms with van der Waals surface area (Å²) < 4.78 is 0. The lowest BCUT2D eigenvalue weighted by molar-refractivity contribution is 1.50. The molecule has 1 nitrogen and oxygen atoms in total. The van der Waals surface area contributed by atoms with Crippen LogP contribution in [0.15, 0.2) is 218 Å². The number of aliphatic imine (C=N–C) groups is 1. The van der Waals surface area contributed by atoms with Crippen molar-refractivity contribution >= 4 is 49.3 Å². The highest BCUT2D eigenvalue weighted by atomic mass is 14.8. The third kappa shape index (κ3) is 6.73. The van der Waals surface area contributed by atoms with Gasteiger partial charge in [0.1, 0.15) is 0 Å². The molecule has 0 unspecified atom stereocenters. The summed E-state index contributed by atoms with van der Waals surface area (Å²) in [5, 5.41) is 7.62. The third-order valence-electron chi connectivity index (χ3n) is 10.5. The van der Waals surface area contributed by atoms with Crippen LogP contribution < -0.4 is 0 Å². The molecule has 0 aliphatic heterocycles.